The Morgan fingerprint density at radius 3 is 2.37 bits per heavy atom. The number of para-hydroxylation sites is 1. The third-order valence-electron chi connectivity index (χ3n) is 3.56. The number of pyridine rings is 1. The Morgan fingerprint density at radius 1 is 0.895 bits per heavy atom. The Morgan fingerprint density at radius 2 is 1.58 bits per heavy atom. The van der Waals surface area contributed by atoms with Crippen LogP contribution in [0.1, 0.15) is 11.1 Å². The quantitative estimate of drug-likeness (QED) is 0.699. The maximum atomic E-state index is 12.4. The van der Waals surface area contributed by atoms with Gasteiger partial charge in [-0.15, -0.1) is 0 Å². The minimum atomic E-state index is 0.104. The van der Waals surface area contributed by atoms with Gasteiger partial charge in [0, 0.05) is 22.0 Å². The van der Waals surface area contributed by atoms with E-state index >= 15 is 0 Å². The minimum Gasteiger partial charge on any atom is -0.354 e. The first kappa shape index (κ1) is 11.7. The van der Waals surface area contributed by atoms with E-state index in [-0.39, 0.29) is 5.43 Å². The molecule has 0 atom stereocenters. The maximum absolute atomic E-state index is 12.4. The van der Waals surface area contributed by atoms with Gasteiger partial charge in [0.2, 0.25) is 0 Å². The van der Waals surface area contributed by atoms with Crippen LogP contribution in [-0.2, 0) is 0 Å². The normalized spacial score (nSPS) is 10.8. The second-order valence-electron chi connectivity index (χ2n) is 4.81. The van der Waals surface area contributed by atoms with Gasteiger partial charge in [-0.3, -0.25) is 4.79 Å². The predicted molar refractivity (Wildman–Crippen MR) is 79.5 cm³/mol. The summed E-state index contributed by atoms with van der Waals surface area (Å²) in [6, 6.07) is 15.7. The van der Waals surface area contributed by atoms with Crippen molar-refractivity contribution in [2.75, 3.05) is 0 Å². The van der Waals surface area contributed by atoms with Crippen LogP contribution in [0.4, 0.5) is 0 Å². The molecule has 3 rings (SSSR count). The highest BCUT2D eigenvalue weighted by Gasteiger charge is 2.10. The van der Waals surface area contributed by atoms with Crippen molar-refractivity contribution in [3.63, 3.8) is 0 Å². The monoisotopic (exact) mass is 249 g/mol. The van der Waals surface area contributed by atoms with Crippen molar-refractivity contribution in [3.8, 4) is 11.3 Å². The van der Waals surface area contributed by atoms with E-state index in [4.69, 9.17) is 0 Å². The van der Waals surface area contributed by atoms with Gasteiger partial charge >= 0.3 is 0 Å². The Kier molecular flexibility index (Phi) is 2.71. The van der Waals surface area contributed by atoms with Gasteiger partial charge in [0.15, 0.2) is 5.43 Å². The molecule has 1 N–H and O–H groups in total. The Labute approximate surface area is 111 Å². The molecule has 0 saturated carbocycles. The van der Waals surface area contributed by atoms with E-state index in [1.165, 1.54) is 0 Å². The summed E-state index contributed by atoms with van der Waals surface area (Å²) in [5, 5.41) is 0.748. The van der Waals surface area contributed by atoms with Crippen molar-refractivity contribution in [1.82, 2.24) is 4.98 Å². The summed E-state index contributed by atoms with van der Waals surface area (Å²) in [6.07, 6.45) is 0. The van der Waals surface area contributed by atoms with Crippen LogP contribution >= 0.6 is 0 Å². The van der Waals surface area contributed by atoms with E-state index in [1.807, 2.05) is 49.4 Å². The lowest BCUT2D eigenvalue weighted by molar-refractivity contribution is 1.28. The lowest BCUT2D eigenvalue weighted by Crippen LogP contribution is -2.09. The van der Waals surface area contributed by atoms with E-state index in [9.17, 15) is 4.79 Å². The summed E-state index contributed by atoms with van der Waals surface area (Å²) < 4.78 is 0. The number of hydrogen-bond acceptors (Lipinski definition) is 1. The molecule has 0 aliphatic rings. The molecule has 94 valence electrons. The summed E-state index contributed by atoms with van der Waals surface area (Å²) in [7, 11) is 0. The number of aromatic amines is 1. The highest BCUT2D eigenvalue weighted by Crippen LogP contribution is 2.24. The Hall–Kier alpha value is -2.35. The van der Waals surface area contributed by atoms with E-state index in [2.05, 4.69) is 18.0 Å². The van der Waals surface area contributed by atoms with Crippen LogP contribution in [0.15, 0.2) is 53.3 Å². The fourth-order valence-corrected chi connectivity index (χ4v) is 2.46. The first-order chi connectivity index (χ1) is 9.18. The lowest BCUT2D eigenvalue weighted by atomic mass is 10.00. The Bertz CT molecular complexity index is 815. The zero-order chi connectivity index (χ0) is 13.4. The van der Waals surface area contributed by atoms with Crippen LogP contribution in [0, 0.1) is 13.8 Å². The second-order valence-corrected chi connectivity index (χ2v) is 4.81. The van der Waals surface area contributed by atoms with Gasteiger partial charge in [0.1, 0.15) is 0 Å². The third-order valence-corrected chi connectivity index (χ3v) is 3.56. The predicted octanol–water partition coefficient (Wildman–Crippen LogP) is 3.81. The van der Waals surface area contributed by atoms with Crippen molar-refractivity contribution in [2.24, 2.45) is 0 Å². The zero-order valence-corrected chi connectivity index (χ0v) is 11.0. The number of hydrogen-bond donors (Lipinski definition) is 1. The number of rotatable bonds is 1. The number of nitrogens with one attached hydrogen (secondary N) is 1. The number of fused-ring (bicyclic) bond motifs is 1. The molecule has 0 amide bonds. The molecule has 0 saturated heterocycles. The average molecular weight is 249 g/mol. The number of H-pyrrole nitrogens is 1. The molecule has 0 aliphatic heterocycles. The van der Waals surface area contributed by atoms with Gasteiger partial charge in [-0.25, -0.2) is 0 Å². The molecule has 3 aromatic rings. The molecule has 1 heterocycles. The van der Waals surface area contributed by atoms with Crippen molar-refractivity contribution < 1.29 is 0 Å². The molecule has 2 aromatic carbocycles. The van der Waals surface area contributed by atoms with Gasteiger partial charge in [-0.05, 0) is 31.5 Å². The molecule has 0 aliphatic carbocycles. The minimum absolute atomic E-state index is 0.104. The van der Waals surface area contributed by atoms with E-state index in [0.717, 1.165) is 33.3 Å². The van der Waals surface area contributed by atoms with Crippen LogP contribution in [0.2, 0.25) is 0 Å². The largest absolute Gasteiger partial charge is 0.354 e. The molecule has 0 fully saturated rings. The summed E-state index contributed by atoms with van der Waals surface area (Å²) in [4.78, 5) is 15.8. The van der Waals surface area contributed by atoms with Gasteiger partial charge in [-0.2, -0.15) is 0 Å². The number of aromatic nitrogens is 1. The average Bonchev–Trinajstić information content (AvgIpc) is 2.44. The van der Waals surface area contributed by atoms with Gasteiger partial charge in [0.25, 0.3) is 0 Å². The van der Waals surface area contributed by atoms with Crippen LogP contribution < -0.4 is 5.43 Å². The standard InChI is InChI=1S/C17H15NO/c1-11-7-3-4-8-13(11)16-12(2)17(19)14-9-5-6-10-15(14)18-16/h3-10H,1-2H3,(H,18,19). The summed E-state index contributed by atoms with van der Waals surface area (Å²) >= 11 is 0. The van der Waals surface area contributed by atoms with Crippen LogP contribution in [0.25, 0.3) is 22.2 Å². The molecule has 2 heteroatoms. The van der Waals surface area contributed by atoms with Crippen molar-refractivity contribution >= 4 is 10.9 Å². The smallest absolute Gasteiger partial charge is 0.192 e. The first-order valence-corrected chi connectivity index (χ1v) is 6.36. The van der Waals surface area contributed by atoms with Crippen LogP contribution in [0.5, 0.6) is 0 Å². The molecular formula is C17H15NO. The van der Waals surface area contributed by atoms with Crippen molar-refractivity contribution in [3.05, 3.63) is 69.9 Å². The van der Waals surface area contributed by atoms with Crippen molar-refractivity contribution in [1.29, 1.82) is 0 Å². The van der Waals surface area contributed by atoms with Crippen molar-refractivity contribution in [2.45, 2.75) is 13.8 Å². The molecule has 0 spiro atoms. The second kappa shape index (κ2) is 4.39. The number of aryl methyl sites for hydroxylation is 1. The molecular weight excluding hydrogens is 234 g/mol. The third kappa shape index (κ3) is 1.85. The zero-order valence-electron chi connectivity index (χ0n) is 11.0. The van der Waals surface area contributed by atoms with Gasteiger partial charge in [0.05, 0.1) is 5.69 Å². The van der Waals surface area contributed by atoms with E-state index < -0.39 is 0 Å². The SMILES string of the molecule is Cc1ccccc1-c1[nH]c2ccccc2c(=O)c1C. The fraction of sp³-hybridized carbons (Fsp3) is 0.118. The molecule has 1 aromatic heterocycles. The van der Waals surface area contributed by atoms with E-state index in [1.54, 1.807) is 0 Å². The first-order valence-electron chi connectivity index (χ1n) is 6.36. The van der Waals surface area contributed by atoms with Gasteiger partial charge < -0.3 is 4.98 Å². The summed E-state index contributed by atoms with van der Waals surface area (Å²) in [5.74, 6) is 0. The maximum Gasteiger partial charge on any atom is 0.192 e. The fourth-order valence-electron chi connectivity index (χ4n) is 2.46. The van der Waals surface area contributed by atoms with E-state index in [0.29, 0.717) is 0 Å². The number of benzene rings is 2. The summed E-state index contributed by atoms with van der Waals surface area (Å²) in [6.45, 7) is 3.94. The topological polar surface area (TPSA) is 32.9 Å². The van der Waals surface area contributed by atoms with Crippen LogP contribution in [-0.4, -0.2) is 4.98 Å². The highest BCUT2D eigenvalue weighted by atomic mass is 16.1. The molecule has 0 radical (unpaired) electrons. The molecule has 0 unspecified atom stereocenters. The van der Waals surface area contributed by atoms with Gasteiger partial charge in [-0.1, -0.05) is 36.4 Å². The summed E-state index contributed by atoms with van der Waals surface area (Å²) in [5.41, 5.74) is 4.93. The highest BCUT2D eigenvalue weighted by molar-refractivity contribution is 5.83. The molecule has 2 nitrogen and oxygen atoms in total. The Balaban J connectivity index is 2.40. The lowest BCUT2D eigenvalue weighted by Gasteiger charge is -2.10. The molecule has 0 bridgehead atoms. The molecule has 19 heavy (non-hydrogen) atoms. The van der Waals surface area contributed by atoms with Crippen LogP contribution in [0.3, 0.4) is 0 Å².